The van der Waals surface area contributed by atoms with Gasteiger partial charge in [-0.15, -0.1) is 0 Å². The molecule has 0 fully saturated rings. The number of hydrogen-bond acceptors (Lipinski definition) is 3. The molecule has 0 amide bonds. The summed E-state index contributed by atoms with van der Waals surface area (Å²) in [6.07, 6.45) is -3.94. The van der Waals surface area contributed by atoms with Crippen molar-refractivity contribution in [2.24, 2.45) is 0 Å². The first kappa shape index (κ1) is 11.3. The number of hydrogen-bond donors (Lipinski definition) is 1. The SMILES string of the molecule is O=C(On1ccc2c(O)cccc21)C(F)(F)F. The van der Waals surface area contributed by atoms with Crippen LogP contribution in [0.15, 0.2) is 30.5 Å². The van der Waals surface area contributed by atoms with Crippen LogP contribution in [-0.4, -0.2) is 22.0 Å². The quantitative estimate of drug-likeness (QED) is 0.834. The van der Waals surface area contributed by atoms with Crippen LogP contribution in [0.3, 0.4) is 0 Å². The second-order valence-electron chi connectivity index (χ2n) is 3.23. The standard InChI is InChI=1S/C10H6F3NO3/c11-10(12,13)9(16)17-14-5-4-6-7(14)2-1-3-8(6)15/h1-5,15H. The van der Waals surface area contributed by atoms with Crippen molar-refractivity contribution >= 4 is 16.9 Å². The number of phenolic OH excluding ortho intramolecular Hbond substituents is 1. The summed E-state index contributed by atoms with van der Waals surface area (Å²) in [7, 11) is 0. The van der Waals surface area contributed by atoms with E-state index < -0.39 is 12.1 Å². The smallest absolute Gasteiger partial charge is 0.493 e. The third-order valence-electron chi connectivity index (χ3n) is 2.09. The highest BCUT2D eigenvalue weighted by atomic mass is 19.4. The molecule has 0 saturated heterocycles. The van der Waals surface area contributed by atoms with Crippen LogP contribution in [0.5, 0.6) is 5.75 Å². The zero-order chi connectivity index (χ0) is 12.6. The van der Waals surface area contributed by atoms with Crippen LogP contribution in [0, 0.1) is 0 Å². The number of rotatable bonds is 1. The van der Waals surface area contributed by atoms with E-state index in [9.17, 15) is 23.1 Å². The predicted octanol–water partition coefficient (Wildman–Crippen LogP) is 1.86. The average Bonchev–Trinajstić information content (AvgIpc) is 2.62. The first-order valence-corrected chi connectivity index (χ1v) is 4.48. The Morgan fingerprint density at radius 3 is 2.65 bits per heavy atom. The van der Waals surface area contributed by atoms with Gasteiger partial charge in [-0.05, 0) is 18.2 Å². The lowest BCUT2D eigenvalue weighted by Crippen LogP contribution is -2.32. The average molecular weight is 245 g/mol. The Balaban J connectivity index is 2.38. The summed E-state index contributed by atoms with van der Waals surface area (Å²) in [6.45, 7) is 0. The van der Waals surface area contributed by atoms with Crippen molar-refractivity contribution in [2.45, 2.75) is 6.18 Å². The fourth-order valence-corrected chi connectivity index (χ4v) is 1.35. The highest BCUT2D eigenvalue weighted by Gasteiger charge is 2.42. The van der Waals surface area contributed by atoms with Crippen LogP contribution < -0.4 is 4.84 Å². The lowest BCUT2D eigenvalue weighted by molar-refractivity contribution is -0.199. The molecule has 90 valence electrons. The minimum Gasteiger partial charge on any atom is -0.507 e. The number of carbonyl (C=O) groups is 1. The molecule has 0 unspecified atom stereocenters. The van der Waals surface area contributed by atoms with E-state index in [0.29, 0.717) is 10.1 Å². The molecule has 0 aliphatic rings. The molecule has 0 spiro atoms. The number of aromatic hydroxyl groups is 1. The maximum atomic E-state index is 12.0. The first-order chi connectivity index (χ1) is 7.89. The normalized spacial score (nSPS) is 11.7. The molecule has 2 aromatic rings. The first-order valence-electron chi connectivity index (χ1n) is 4.48. The summed E-state index contributed by atoms with van der Waals surface area (Å²) >= 11 is 0. The Labute approximate surface area is 92.8 Å². The Bertz CT molecular complexity index is 574. The van der Waals surface area contributed by atoms with E-state index in [1.165, 1.54) is 24.3 Å². The molecule has 0 radical (unpaired) electrons. The van der Waals surface area contributed by atoms with E-state index in [-0.39, 0.29) is 11.3 Å². The molecule has 0 atom stereocenters. The maximum absolute atomic E-state index is 12.0. The largest absolute Gasteiger partial charge is 0.507 e. The molecule has 0 saturated carbocycles. The van der Waals surface area contributed by atoms with Gasteiger partial charge < -0.3 is 9.94 Å². The van der Waals surface area contributed by atoms with Crippen molar-refractivity contribution in [3.05, 3.63) is 30.5 Å². The molecular weight excluding hydrogens is 239 g/mol. The van der Waals surface area contributed by atoms with E-state index >= 15 is 0 Å². The van der Waals surface area contributed by atoms with Crippen LogP contribution in [0.4, 0.5) is 13.2 Å². The van der Waals surface area contributed by atoms with Crippen molar-refractivity contribution in [3.63, 3.8) is 0 Å². The van der Waals surface area contributed by atoms with Gasteiger partial charge in [0.05, 0.1) is 5.52 Å². The molecule has 4 nitrogen and oxygen atoms in total. The number of nitrogens with zero attached hydrogens (tertiary/aromatic N) is 1. The van der Waals surface area contributed by atoms with E-state index in [2.05, 4.69) is 4.84 Å². The van der Waals surface area contributed by atoms with Crippen LogP contribution in [-0.2, 0) is 4.79 Å². The van der Waals surface area contributed by atoms with Crippen molar-refractivity contribution in [3.8, 4) is 5.75 Å². The fourth-order valence-electron chi connectivity index (χ4n) is 1.35. The number of aromatic nitrogens is 1. The van der Waals surface area contributed by atoms with Crippen molar-refractivity contribution in [1.82, 2.24) is 4.73 Å². The number of carbonyl (C=O) groups excluding carboxylic acids is 1. The number of alkyl halides is 3. The summed E-state index contributed by atoms with van der Waals surface area (Å²) in [5.41, 5.74) is 0.169. The minimum absolute atomic E-state index is 0.107. The number of benzene rings is 1. The Hall–Kier alpha value is -2.18. The van der Waals surface area contributed by atoms with Crippen molar-refractivity contribution in [2.75, 3.05) is 0 Å². The number of phenols is 1. The lowest BCUT2D eigenvalue weighted by Gasteiger charge is -2.08. The second-order valence-corrected chi connectivity index (χ2v) is 3.23. The van der Waals surface area contributed by atoms with Crippen LogP contribution in [0.2, 0.25) is 0 Å². The molecule has 1 aromatic carbocycles. The van der Waals surface area contributed by atoms with Crippen molar-refractivity contribution in [1.29, 1.82) is 0 Å². The summed E-state index contributed by atoms with van der Waals surface area (Å²) in [5.74, 6) is -2.43. The molecular formula is C10H6F3NO3. The minimum atomic E-state index is -5.06. The molecule has 0 aliphatic carbocycles. The highest BCUT2D eigenvalue weighted by Crippen LogP contribution is 2.25. The van der Waals surface area contributed by atoms with E-state index in [1.807, 2.05) is 0 Å². The number of halogens is 3. The molecule has 0 bridgehead atoms. The zero-order valence-corrected chi connectivity index (χ0v) is 8.23. The highest BCUT2D eigenvalue weighted by molar-refractivity contribution is 5.86. The van der Waals surface area contributed by atoms with Gasteiger partial charge in [0.25, 0.3) is 0 Å². The maximum Gasteiger partial charge on any atom is 0.493 e. The molecule has 7 heteroatoms. The molecule has 2 rings (SSSR count). The molecule has 0 aliphatic heterocycles. The van der Waals surface area contributed by atoms with Crippen molar-refractivity contribution < 1.29 is 27.9 Å². The fraction of sp³-hybridized carbons (Fsp3) is 0.100. The van der Waals surface area contributed by atoms with Gasteiger partial charge in [0, 0.05) is 11.6 Å². The molecule has 1 aromatic heterocycles. The van der Waals surface area contributed by atoms with Gasteiger partial charge in [0.2, 0.25) is 0 Å². The summed E-state index contributed by atoms with van der Waals surface area (Å²) in [5, 5.41) is 9.70. The molecule has 1 heterocycles. The van der Waals surface area contributed by atoms with Crippen LogP contribution >= 0.6 is 0 Å². The summed E-state index contributed by atoms with van der Waals surface area (Å²) in [6, 6.07) is 5.56. The Morgan fingerprint density at radius 2 is 2.00 bits per heavy atom. The van der Waals surface area contributed by atoms with Gasteiger partial charge in [0.1, 0.15) is 5.75 Å². The zero-order valence-electron chi connectivity index (χ0n) is 8.23. The van der Waals surface area contributed by atoms with E-state index in [0.717, 1.165) is 6.20 Å². The lowest BCUT2D eigenvalue weighted by atomic mass is 10.2. The van der Waals surface area contributed by atoms with Gasteiger partial charge >= 0.3 is 12.1 Å². The third kappa shape index (κ3) is 2.03. The monoisotopic (exact) mass is 245 g/mol. The van der Waals surface area contributed by atoms with Gasteiger partial charge in [0.15, 0.2) is 0 Å². The van der Waals surface area contributed by atoms with Crippen LogP contribution in [0.25, 0.3) is 10.9 Å². The predicted molar refractivity (Wildman–Crippen MR) is 51.2 cm³/mol. The van der Waals surface area contributed by atoms with Gasteiger partial charge in [-0.2, -0.15) is 17.9 Å². The number of fused-ring (bicyclic) bond motifs is 1. The summed E-state index contributed by atoms with van der Waals surface area (Å²) in [4.78, 5) is 14.8. The van der Waals surface area contributed by atoms with Gasteiger partial charge in [-0.25, -0.2) is 4.79 Å². The molecule has 17 heavy (non-hydrogen) atoms. The summed E-state index contributed by atoms with van der Waals surface area (Å²) < 4.78 is 36.6. The third-order valence-corrected chi connectivity index (χ3v) is 2.09. The van der Waals surface area contributed by atoms with E-state index in [4.69, 9.17) is 0 Å². The van der Waals surface area contributed by atoms with Gasteiger partial charge in [-0.3, -0.25) is 0 Å². The van der Waals surface area contributed by atoms with E-state index in [1.54, 1.807) is 0 Å². The Kier molecular flexibility index (Phi) is 2.45. The molecule has 1 N–H and O–H groups in total. The van der Waals surface area contributed by atoms with Crippen LogP contribution in [0.1, 0.15) is 0 Å². The Morgan fingerprint density at radius 1 is 1.29 bits per heavy atom. The van der Waals surface area contributed by atoms with Gasteiger partial charge in [-0.1, -0.05) is 6.07 Å². The topological polar surface area (TPSA) is 51.5 Å². The second kappa shape index (κ2) is 3.69.